The standard InChI is InChI=1S/C6H7NOS2/c1-4-7-5(3-10-4)6(8)9-2/h3H,1-2H3. The lowest BCUT2D eigenvalue weighted by molar-refractivity contribution is 0.108. The van der Waals surface area contributed by atoms with E-state index in [2.05, 4.69) is 4.98 Å². The van der Waals surface area contributed by atoms with E-state index in [9.17, 15) is 4.79 Å². The molecule has 0 bridgehead atoms. The third-order valence-electron chi connectivity index (χ3n) is 1.01. The van der Waals surface area contributed by atoms with Gasteiger partial charge in [0.15, 0.2) is 0 Å². The molecule has 0 fully saturated rings. The van der Waals surface area contributed by atoms with Crippen molar-refractivity contribution in [3.8, 4) is 0 Å². The van der Waals surface area contributed by atoms with E-state index in [4.69, 9.17) is 0 Å². The molecule has 0 amide bonds. The van der Waals surface area contributed by atoms with Crippen molar-refractivity contribution in [3.05, 3.63) is 16.1 Å². The molecule has 0 aliphatic carbocycles. The van der Waals surface area contributed by atoms with Crippen LogP contribution < -0.4 is 0 Å². The molecule has 0 aromatic carbocycles. The van der Waals surface area contributed by atoms with Crippen LogP contribution >= 0.6 is 23.1 Å². The molecule has 1 heterocycles. The number of carbonyl (C=O) groups is 1. The highest BCUT2D eigenvalue weighted by Crippen LogP contribution is 2.12. The molecule has 0 aliphatic rings. The summed E-state index contributed by atoms with van der Waals surface area (Å²) < 4.78 is 0. The lowest BCUT2D eigenvalue weighted by Gasteiger charge is -1.85. The van der Waals surface area contributed by atoms with E-state index < -0.39 is 0 Å². The van der Waals surface area contributed by atoms with Crippen LogP contribution in [0.5, 0.6) is 0 Å². The second-order valence-electron chi connectivity index (χ2n) is 1.74. The molecule has 0 aliphatic heterocycles. The average Bonchev–Trinajstić information content (AvgIpc) is 2.34. The molecule has 54 valence electrons. The second kappa shape index (κ2) is 3.16. The highest BCUT2D eigenvalue weighted by Gasteiger charge is 2.05. The zero-order valence-electron chi connectivity index (χ0n) is 5.75. The Hall–Kier alpha value is -0.350. The van der Waals surface area contributed by atoms with Crippen LogP contribution in [0, 0.1) is 6.92 Å². The topological polar surface area (TPSA) is 30.0 Å². The first-order chi connectivity index (χ1) is 4.74. The number of rotatable bonds is 1. The lowest BCUT2D eigenvalue weighted by atomic mass is 10.5. The summed E-state index contributed by atoms with van der Waals surface area (Å²) in [5.41, 5.74) is 0.579. The van der Waals surface area contributed by atoms with Gasteiger partial charge in [-0.05, 0) is 13.2 Å². The largest absolute Gasteiger partial charge is 0.280 e. The Kier molecular flexibility index (Phi) is 2.45. The quantitative estimate of drug-likeness (QED) is 0.650. The van der Waals surface area contributed by atoms with Crippen molar-refractivity contribution in [1.29, 1.82) is 0 Å². The average molecular weight is 173 g/mol. The van der Waals surface area contributed by atoms with E-state index >= 15 is 0 Å². The van der Waals surface area contributed by atoms with Gasteiger partial charge in [0.25, 0.3) is 0 Å². The molecule has 2 nitrogen and oxygen atoms in total. The zero-order valence-corrected chi connectivity index (χ0v) is 7.38. The molecule has 0 spiro atoms. The number of thioether (sulfide) groups is 1. The zero-order chi connectivity index (χ0) is 7.56. The normalized spacial score (nSPS) is 9.80. The summed E-state index contributed by atoms with van der Waals surface area (Å²) in [5, 5.41) is 2.77. The fourth-order valence-electron chi connectivity index (χ4n) is 0.562. The van der Waals surface area contributed by atoms with Gasteiger partial charge in [0.1, 0.15) is 5.69 Å². The first-order valence-corrected chi connectivity index (χ1v) is 4.85. The highest BCUT2D eigenvalue weighted by atomic mass is 32.2. The fraction of sp³-hybridized carbons (Fsp3) is 0.333. The van der Waals surface area contributed by atoms with Crippen molar-refractivity contribution in [2.75, 3.05) is 6.26 Å². The minimum Gasteiger partial charge on any atom is -0.280 e. The molecule has 10 heavy (non-hydrogen) atoms. The third kappa shape index (κ3) is 1.58. The Labute approximate surface area is 67.7 Å². The van der Waals surface area contributed by atoms with Crippen LogP contribution in [0.25, 0.3) is 0 Å². The molecule has 1 rings (SSSR count). The van der Waals surface area contributed by atoms with Gasteiger partial charge in [0, 0.05) is 5.38 Å². The van der Waals surface area contributed by atoms with Crippen molar-refractivity contribution >= 4 is 28.2 Å². The molecule has 0 atom stereocenters. The van der Waals surface area contributed by atoms with E-state index in [1.165, 1.54) is 23.1 Å². The van der Waals surface area contributed by atoms with Crippen LogP contribution in [-0.2, 0) is 0 Å². The Bertz CT molecular complexity index is 244. The molecular weight excluding hydrogens is 166 g/mol. The molecule has 1 aromatic rings. The smallest absolute Gasteiger partial charge is 0.238 e. The van der Waals surface area contributed by atoms with E-state index in [-0.39, 0.29) is 5.12 Å². The fourth-order valence-corrected chi connectivity index (χ4v) is 1.54. The summed E-state index contributed by atoms with van der Waals surface area (Å²) in [6.07, 6.45) is 1.76. The predicted octanol–water partition coefficient (Wildman–Crippen LogP) is 1.95. The van der Waals surface area contributed by atoms with Gasteiger partial charge in [-0.25, -0.2) is 4.98 Å². The summed E-state index contributed by atoms with van der Waals surface area (Å²) in [6, 6.07) is 0. The van der Waals surface area contributed by atoms with Crippen LogP contribution in [0.1, 0.15) is 15.5 Å². The molecule has 0 saturated heterocycles. The maximum absolute atomic E-state index is 10.9. The van der Waals surface area contributed by atoms with Crippen LogP contribution in [0.2, 0.25) is 0 Å². The Morgan fingerprint density at radius 2 is 2.50 bits per heavy atom. The van der Waals surface area contributed by atoms with Gasteiger partial charge in [0.05, 0.1) is 5.01 Å². The molecule has 0 unspecified atom stereocenters. The summed E-state index contributed by atoms with van der Waals surface area (Å²) in [7, 11) is 0. The highest BCUT2D eigenvalue weighted by molar-refractivity contribution is 8.13. The molecular formula is C6H7NOS2. The van der Waals surface area contributed by atoms with Crippen molar-refractivity contribution in [2.45, 2.75) is 6.92 Å². The van der Waals surface area contributed by atoms with Crippen LogP contribution in [0.15, 0.2) is 5.38 Å². The Morgan fingerprint density at radius 3 is 2.90 bits per heavy atom. The van der Waals surface area contributed by atoms with Crippen molar-refractivity contribution in [2.24, 2.45) is 0 Å². The van der Waals surface area contributed by atoms with Crippen molar-refractivity contribution < 1.29 is 4.79 Å². The first-order valence-electron chi connectivity index (χ1n) is 2.74. The first kappa shape index (κ1) is 7.75. The monoisotopic (exact) mass is 173 g/mol. The minimum absolute atomic E-state index is 0.0457. The number of thiazole rings is 1. The molecule has 0 radical (unpaired) electrons. The van der Waals surface area contributed by atoms with E-state index in [1.807, 2.05) is 6.92 Å². The van der Waals surface area contributed by atoms with E-state index in [0.717, 1.165) is 5.01 Å². The summed E-state index contributed by atoms with van der Waals surface area (Å²) >= 11 is 2.70. The molecule has 4 heteroatoms. The van der Waals surface area contributed by atoms with Gasteiger partial charge in [-0.1, -0.05) is 11.8 Å². The van der Waals surface area contributed by atoms with E-state index in [1.54, 1.807) is 11.6 Å². The number of aromatic nitrogens is 1. The maximum Gasteiger partial charge on any atom is 0.238 e. The van der Waals surface area contributed by atoms with Gasteiger partial charge in [-0.15, -0.1) is 11.3 Å². The number of hydrogen-bond acceptors (Lipinski definition) is 4. The van der Waals surface area contributed by atoms with Crippen molar-refractivity contribution in [3.63, 3.8) is 0 Å². The minimum atomic E-state index is 0.0457. The Balaban J connectivity index is 2.85. The van der Waals surface area contributed by atoms with Crippen LogP contribution in [0.4, 0.5) is 0 Å². The molecule has 0 N–H and O–H groups in total. The number of nitrogens with zero attached hydrogens (tertiary/aromatic N) is 1. The summed E-state index contributed by atoms with van der Waals surface area (Å²) in [4.78, 5) is 15.0. The summed E-state index contributed by atoms with van der Waals surface area (Å²) in [6.45, 7) is 1.89. The Morgan fingerprint density at radius 1 is 1.80 bits per heavy atom. The number of aryl methyl sites for hydroxylation is 1. The van der Waals surface area contributed by atoms with Gasteiger partial charge in [-0.3, -0.25) is 4.79 Å². The van der Waals surface area contributed by atoms with Crippen LogP contribution in [0.3, 0.4) is 0 Å². The van der Waals surface area contributed by atoms with Crippen LogP contribution in [-0.4, -0.2) is 16.4 Å². The molecule has 0 saturated carbocycles. The summed E-state index contributed by atoms with van der Waals surface area (Å²) in [5.74, 6) is 0. The predicted molar refractivity (Wildman–Crippen MR) is 44.7 cm³/mol. The van der Waals surface area contributed by atoms with Gasteiger partial charge >= 0.3 is 0 Å². The second-order valence-corrected chi connectivity index (χ2v) is 3.58. The number of hydrogen-bond donors (Lipinski definition) is 0. The van der Waals surface area contributed by atoms with Gasteiger partial charge in [-0.2, -0.15) is 0 Å². The molecule has 1 aromatic heterocycles. The van der Waals surface area contributed by atoms with Gasteiger partial charge < -0.3 is 0 Å². The van der Waals surface area contributed by atoms with Crippen molar-refractivity contribution in [1.82, 2.24) is 4.98 Å². The van der Waals surface area contributed by atoms with Gasteiger partial charge in [0.2, 0.25) is 5.12 Å². The number of carbonyl (C=O) groups excluding carboxylic acids is 1. The SMILES string of the molecule is CSC(=O)c1csc(C)n1. The third-order valence-corrected chi connectivity index (χ3v) is 2.37. The van der Waals surface area contributed by atoms with E-state index in [0.29, 0.717) is 5.69 Å². The maximum atomic E-state index is 10.9. The lowest BCUT2D eigenvalue weighted by Crippen LogP contribution is -1.91.